The lowest BCUT2D eigenvalue weighted by molar-refractivity contribution is -0.125. The van der Waals surface area contributed by atoms with Crippen molar-refractivity contribution >= 4 is 34.3 Å². The fraction of sp³-hybridized carbons (Fsp3) is 0.360. The van der Waals surface area contributed by atoms with Gasteiger partial charge in [0, 0.05) is 11.9 Å². The number of amides is 2. The van der Waals surface area contributed by atoms with Gasteiger partial charge in [-0.1, -0.05) is 56.6 Å². The lowest BCUT2D eigenvalue weighted by Gasteiger charge is -2.30. The Bertz CT molecular complexity index is 1260. The average Bonchev–Trinajstić information content (AvgIpc) is 3.20. The van der Waals surface area contributed by atoms with Crippen molar-refractivity contribution in [2.24, 2.45) is 5.41 Å². The SMILES string of the molecule is CC(C)(C)C(NC(=O)c1nn(Cc2ccc(C#N)cc2)c2c(Cl)cccc12)C(=O)NCC(O)CO. The first kappa shape index (κ1) is 26.2. The van der Waals surface area contributed by atoms with Crippen LogP contribution >= 0.6 is 11.6 Å². The van der Waals surface area contributed by atoms with Crippen LogP contribution in [0, 0.1) is 16.7 Å². The summed E-state index contributed by atoms with van der Waals surface area (Å²) in [6.45, 7) is 5.10. The molecule has 0 aliphatic rings. The summed E-state index contributed by atoms with van der Waals surface area (Å²) in [5.41, 5.74) is 1.45. The third-order valence-corrected chi connectivity index (χ3v) is 5.78. The van der Waals surface area contributed by atoms with Crippen LogP contribution in [-0.2, 0) is 11.3 Å². The number of nitrogens with one attached hydrogen (secondary N) is 2. The van der Waals surface area contributed by atoms with E-state index in [1.165, 1.54) is 0 Å². The van der Waals surface area contributed by atoms with E-state index in [0.29, 0.717) is 28.0 Å². The summed E-state index contributed by atoms with van der Waals surface area (Å²) in [6, 6.07) is 13.3. The molecule has 0 bridgehead atoms. The lowest BCUT2D eigenvalue weighted by atomic mass is 9.86. The Kier molecular flexibility index (Phi) is 8.12. The van der Waals surface area contributed by atoms with Crippen LogP contribution in [0.1, 0.15) is 42.4 Å². The summed E-state index contributed by atoms with van der Waals surface area (Å²) in [5, 5.41) is 38.4. The van der Waals surface area contributed by atoms with E-state index in [-0.39, 0.29) is 12.2 Å². The number of aliphatic hydroxyl groups is 2. The van der Waals surface area contributed by atoms with Gasteiger partial charge in [-0.25, -0.2) is 0 Å². The van der Waals surface area contributed by atoms with Gasteiger partial charge in [-0.05, 0) is 29.2 Å². The average molecular weight is 498 g/mol. The van der Waals surface area contributed by atoms with Crippen LogP contribution < -0.4 is 10.6 Å². The van der Waals surface area contributed by atoms with Gasteiger partial charge in [0.25, 0.3) is 5.91 Å². The topological polar surface area (TPSA) is 140 Å². The standard InChI is InChI=1S/C25H28ClN5O4/c1-25(2,3)22(24(35)28-12-17(33)14-32)29-23(34)20-18-5-4-6-19(26)21(18)31(30-20)13-16-9-7-15(11-27)8-10-16/h4-10,17,22,32-33H,12-14H2,1-3H3,(H,28,35)(H,29,34). The van der Waals surface area contributed by atoms with Crippen molar-refractivity contribution in [3.05, 3.63) is 64.3 Å². The number of carbonyl (C=O) groups is 2. The molecule has 9 nitrogen and oxygen atoms in total. The maximum atomic E-state index is 13.3. The first-order chi connectivity index (χ1) is 16.5. The van der Waals surface area contributed by atoms with Gasteiger partial charge in [-0.2, -0.15) is 10.4 Å². The Hall–Kier alpha value is -3.45. The Morgan fingerprint density at radius 2 is 1.89 bits per heavy atom. The molecule has 1 aromatic heterocycles. The van der Waals surface area contributed by atoms with Gasteiger partial charge < -0.3 is 20.8 Å². The molecule has 35 heavy (non-hydrogen) atoms. The second-order valence-corrected chi connectivity index (χ2v) is 9.71. The highest BCUT2D eigenvalue weighted by Gasteiger charge is 2.34. The minimum Gasteiger partial charge on any atom is -0.394 e. The van der Waals surface area contributed by atoms with Gasteiger partial charge in [0.05, 0.1) is 41.4 Å². The summed E-state index contributed by atoms with van der Waals surface area (Å²) in [5.74, 6) is -1.04. The summed E-state index contributed by atoms with van der Waals surface area (Å²) >= 11 is 6.46. The zero-order valence-corrected chi connectivity index (χ0v) is 20.5. The number of rotatable bonds is 8. The molecule has 0 aliphatic carbocycles. The molecule has 0 saturated carbocycles. The quantitative estimate of drug-likeness (QED) is 0.376. The summed E-state index contributed by atoms with van der Waals surface area (Å²) < 4.78 is 1.62. The van der Waals surface area contributed by atoms with Crippen LogP contribution in [-0.4, -0.2) is 57.1 Å². The number of hydrogen-bond donors (Lipinski definition) is 4. The van der Waals surface area contributed by atoms with E-state index < -0.39 is 36.0 Å². The molecular formula is C25H28ClN5O4. The molecule has 4 N–H and O–H groups in total. The van der Waals surface area contributed by atoms with Gasteiger partial charge in [0.2, 0.25) is 5.91 Å². The first-order valence-corrected chi connectivity index (χ1v) is 11.4. The van der Waals surface area contributed by atoms with Crippen molar-refractivity contribution in [3.63, 3.8) is 0 Å². The molecule has 0 fully saturated rings. The number of fused-ring (bicyclic) bond motifs is 1. The van der Waals surface area contributed by atoms with Crippen molar-refractivity contribution in [1.82, 2.24) is 20.4 Å². The zero-order valence-electron chi connectivity index (χ0n) is 19.7. The molecule has 2 aromatic carbocycles. The Morgan fingerprint density at radius 1 is 1.20 bits per heavy atom. The predicted octanol–water partition coefficient (Wildman–Crippen LogP) is 2.22. The number of hydrogen-bond acceptors (Lipinski definition) is 6. The molecule has 2 unspecified atom stereocenters. The molecule has 10 heteroatoms. The first-order valence-electron chi connectivity index (χ1n) is 11.1. The van der Waals surface area contributed by atoms with E-state index in [2.05, 4.69) is 21.8 Å². The molecule has 1 heterocycles. The number of nitriles is 1. The molecule has 0 spiro atoms. The molecule has 0 saturated heterocycles. The monoisotopic (exact) mass is 497 g/mol. The molecule has 3 aromatic rings. The van der Waals surface area contributed by atoms with E-state index in [4.69, 9.17) is 22.0 Å². The fourth-order valence-electron chi connectivity index (χ4n) is 3.59. The Labute approximate surface area is 208 Å². The Balaban J connectivity index is 1.92. The lowest BCUT2D eigenvalue weighted by Crippen LogP contribution is -2.54. The van der Waals surface area contributed by atoms with E-state index in [9.17, 15) is 14.7 Å². The normalized spacial score (nSPS) is 13.2. The van der Waals surface area contributed by atoms with Crippen LogP contribution in [0.3, 0.4) is 0 Å². The van der Waals surface area contributed by atoms with Crippen molar-refractivity contribution in [3.8, 4) is 6.07 Å². The second-order valence-electron chi connectivity index (χ2n) is 9.31. The zero-order chi connectivity index (χ0) is 25.8. The molecule has 0 radical (unpaired) electrons. The van der Waals surface area contributed by atoms with Gasteiger partial charge in [0.15, 0.2) is 5.69 Å². The third-order valence-electron chi connectivity index (χ3n) is 5.48. The highest BCUT2D eigenvalue weighted by molar-refractivity contribution is 6.35. The molecule has 0 aliphatic heterocycles. The molecule has 184 valence electrons. The van der Waals surface area contributed by atoms with E-state index in [0.717, 1.165) is 5.56 Å². The van der Waals surface area contributed by atoms with Gasteiger partial charge in [-0.3, -0.25) is 14.3 Å². The van der Waals surface area contributed by atoms with Crippen LogP contribution in [0.5, 0.6) is 0 Å². The third kappa shape index (κ3) is 6.17. The summed E-state index contributed by atoms with van der Waals surface area (Å²) in [4.78, 5) is 26.1. The second kappa shape index (κ2) is 10.9. The van der Waals surface area contributed by atoms with Gasteiger partial charge >= 0.3 is 0 Å². The number of aliphatic hydroxyl groups excluding tert-OH is 2. The number of para-hydroxylation sites is 1. The van der Waals surface area contributed by atoms with Crippen LogP contribution in [0.2, 0.25) is 5.02 Å². The van der Waals surface area contributed by atoms with Crippen LogP contribution in [0.15, 0.2) is 42.5 Å². The van der Waals surface area contributed by atoms with E-state index in [1.54, 1.807) is 55.8 Å². The molecule has 3 rings (SSSR count). The van der Waals surface area contributed by atoms with Gasteiger partial charge in [0.1, 0.15) is 6.04 Å². The minimum absolute atomic E-state index is 0.119. The molecule has 2 atom stereocenters. The largest absolute Gasteiger partial charge is 0.394 e. The van der Waals surface area contributed by atoms with Gasteiger partial charge in [-0.15, -0.1) is 0 Å². The summed E-state index contributed by atoms with van der Waals surface area (Å²) in [6.07, 6.45) is -1.10. The number of benzene rings is 2. The highest BCUT2D eigenvalue weighted by atomic mass is 35.5. The Morgan fingerprint density at radius 3 is 2.49 bits per heavy atom. The smallest absolute Gasteiger partial charge is 0.273 e. The number of nitrogens with zero attached hydrogens (tertiary/aromatic N) is 3. The summed E-state index contributed by atoms with van der Waals surface area (Å²) in [7, 11) is 0. The number of carbonyl (C=O) groups excluding carboxylic acids is 2. The highest BCUT2D eigenvalue weighted by Crippen LogP contribution is 2.28. The van der Waals surface area contributed by atoms with E-state index in [1.807, 2.05) is 12.1 Å². The molecular weight excluding hydrogens is 470 g/mol. The maximum absolute atomic E-state index is 13.3. The number of aromatic nitrogens is 2. The van der Waals surface area contributed by atoms with Crippen molar-refractivity contribution < 1.29 is 19.8 Å². The van der Waals surface area contributed by atoms with Crippen molar-refractivity contribution in [2.75, 3.05) is 13.2 Å². The maximum Gasteiger partial charge on any atom is 0.273 e. The predicted molar refractivity (Wildman–Crippen MR) is 132 cm³/mol. The number of halogens is 1. The van der Waals surface area contributed by atoms with Crippen molar-refractivity contribution in [1.29, 1.82) is 5.26 Å². The van der Waals surface area contributed by atoms with Crippen LogP contribution in [0.25, 0.3) is 10.9 Å². The molecule has 2 amide bonds. The van der Waals surface area contributed by atoms with Crippen molar-refractivity contribution in [2.45, 2.75) is 39.5 Å². The fourth-order valence-corrected chi connectivity index (χ4v) is 3.87. The minimum atomic E-state index is -1.10. The van der Waals surface area contributed by atoms with E-state index >= 15 is 0 Å². The van der Waals surface area contributed by atoms with Crippen LogP contribution in [0.4, 0.5) is 0 Å².